The molecular weight excluding hydrogens is 280 g/mol. The summed E-state index contributed by atoms with van der Waals surface area (Å²) in [5, 5.41) is 2.07. The van der Waals surface area contributed by atoms with Crippen molar-refractivity contribution in [2.75, 3.05) is 6.54 Å². The topological polar surface area (TPSA) is 41.8 Å². The van der Waals surface area contributed by atoms with Crippen LogP contribution in [0.25, 0.3) is 10.9 Å². The van der Waals surface area contributed by atoms with Crippen LogP contribution in [0.1, 0.15) is 22.7 Å². The molecule has 0 radical (unpaired) electrons. The van der Waals surface area contributed by atoms with Crippen molar-refractivity contribution in [3.63, 3.8) is 0 Å². The summed E-state index contributed by atoms with van der Waals surface area (Å²) in [4.78, 5) is 3.45. The second kappa shape index (κ2) is 5.92. The van der Waals surface area contributed by atoms with E-state index in [2.05, 4.69) is 36.2 Å². The lowest BCUT2D eigenvalue weighted by atomic mass is 9.90. The van der Waals surface area contributed by atoms with Crippen LogP contribution in [-0.4, -0.2) is 11.5 Å². The molecule has 3 rings (SSSR count). The number of para-hydroxylation sites is 1. The highest BCUT2D eigenvalue weighted by Gasteiger charge is 2.19. The number of hydrogen-bond acceptors (Lipinski definition) is 1. The first kappa shape index (κ1) is 14.2. The lowest BCUT2D eigenvalue weighted by Gasteiger charge is -2.16. The molecule has 21 heavy (non-hydrogen) atoms. The Morgan fingerprint density at radius 3 is 2.57 bits per heavy atom. The summed E-state index contributed by atoms with van der Waals surface area (Å²) in [6.07, 6.45) is 0.860. The summed E-state index contributed by atoms with van der Waals surface area (Å²) in [5.41, 5.74) is 10.9. The monoisotopic (exact) mass is 298 g/mol. The van der Waals surface area contributed by atoms with Gasteiger partial charge in [0.15, 0.2) is 0 Å². The van der Waals surface area contributed by atoms with E-state index in [-0.39, 0.29) is 5.92 Å². The van der Waals surface area contributed by atoms with Crippen molar-refractivity contribution in [3.05, 3.63) is 70.4 Å². The molecule has 0 aliphatic heterocycles. The fourth-order valence-corrected chi connectivity index (χ4v) is 3.27. The van der Waals surface area contributed by atoms with Crippen molar-refractivity contribution in [3.8, 4) is 0 Å². The van der Waals surface area contributed by atoms with Gasteiger partial charge in [0, 0.05) is 27.5 Å². The molecule has 1 heterocycles. The van der Waals surface area contributed by atoms with Crippen molar-refractivity contribution in [2.24, 2.45) is 5.73 Å². The van der Waals surface area contributed by atoms with Gasteiger partial charge in [0.25, 0.3) is 0 Å². The molecule has 3 aromatic rings. The Morgan fingerprint density at radius 2 is 1.81 bits per heavy atom. The van der Waals surface area contributed by atoms with E-state index < -0.39 is 0 Å². The van der Waals surface area contributed by atoms with Gasteiger partial charge in [0.05, 0.1) is 0 Å². The van der Waals surface area contributed by atoms with Crippen LogP contribution in [0.2, 0.25) is 5.02 Å². The molecule has 2 aromatic carbocycles. The molecule has 0 saturated heterocycles. The summed E-state index contributed by atoms with van der Waals surface area (Å²) < 4.78 is 0. The molecule has 0 fully saturated rings. The molecule has 2 nitrogen and oxygen atoms in total. The molecule has 0 aliphatic carbocycles. The predicted octanol–water partition coefficient (Wildman–Crippen LogP) is 4.41. The maximum atomic E-state index is 6.30. The number of aromatic nitrogens is 1. The standard InChI is InChI=1S/C18H19ClN2/c1-12-18(15-7-3-5-9-17(15)21-12)14(11-20)10-13-6-2-4-8-16(13)19/h2-9,14,21H,10-11,20H2,1H3. The third-order valence-corrected chi connectivity index (χ3v) is 4.43. The van der Waals surface area contributed by atoms with Gasteiger partial charge in [-0.3, -0.25) is 0 Å². The van der Waals surface area contributed by atoms with Crippen molar-refractivity contribution < 1.29 is 0 Å². The maximum absolute atomic E-state index is 6.30. The highest BCUT2D eigenvalue weighted by Crippen LogP contribution is 2.32. The van der Waals surface area contributed by atoms with Gasteiger partial charge in [0.1, 0.15) is 0 Å². The smallest absolute Gasteiger partial charge is 0.0458 e. The van der Waals surface area contributed by atoms with Gasteiger partial charge in [-0.2, -0.15) is 0 Å². The van der Waals surface area contributed by atoms with E-state index in [1.54, 1.807) is 0 Å². The van der Waals surface area contributed by atoms with Crippen LogP contribution in [0.4, 0.5) is 0 Å². The number of H-pyrrole nitrogens is 1. The normalized spacial score (nSPS) is 12.7. The van der Waals surface area contributed by atoms with E-state index in [0.29, 0.717) is 6.54 Å². The van der Waals surface area contributed by atoms with Gasteiger partial charge in [-0.25, -0.2) is 0 Å². The molecular formula is C18H19ClN2. The van der Waals surface area contributed by atoms with Crippen LogP contribution in [-0.2, 0) is 6.42 Å². The summed E-state index contributed by atoms with van der Waals surface area (Å²) in [5.74, 6) is 0.265. The zero-order valence-electron chi connectivity index (χ0n) is 12.1. The molecule has 3 heteroatoms. The fourth-order valence-electron chi connectivity index (χ4n) is 3.06. The number of nitrogens with one attached hydrogen (secondary N) is 1. The average molecular weight is 299 g/mol. The third kappa shape index (κ3) is 2.69. The Hall–Kier alpha value is -1.77. The van der Waals surface area contributed by atoms with E-state index in [4.69, 9.17) is 17.3 Å². The minimum atomic E-state index is 0.265. The van der Waals surface area contributed by atoms with Crippen LogP contribution >= 0.6 is 11.6 Å². The Kier molecular flexibility index (Phi) is 4.00. The van der Waals surface area contributed by atoms with Crippen LogP contribution in [0.5, 0.6) is 0 Å². The lowest BCUT2D eigenvalue weighted by Crippen LogP contribution is -2.16. The minimum absolute atomic E-state index is 0.265. The fraction of sp³-hybridized carbons (Fsp3) is 0.222. The van der Waals surface area contributed by atoms with Crippen LogP contribution < -0.4 is 5.73 Å². The number of rotatable bonds is 4. The van der Waals surface area contributed by atoms with E-state index in [0.717, 1.165) is 17.0 Å². The number of benzene rings is 2. The molecule has 0 saturated carbocycles. The summed E-state index contributed by atoms with van der Waals surface area (Å²) in [6, 6.07) is 16.4. The number of halogens is 1. The predicted molar refractivity (Wildman–Crippen MR) is 90.0 cm³/mol. The van der Waals surface area contributed by atoms with Gasteiger partial charge < -0.3 is 10.7 Å². The zero-order chi connectivity index (χ0) is 14.8. The number of aromatic amines is 1. The molecule has 1 aromatic heterocycles. The summed E-state index contributed by atoms with van der Waals surface area (Å²) >= 11 is 6.30. The van der Waals surface area contributed by atoms with Gasteiger partial charge in [-0.1, -0.05) is 48.0 Å². The number of nitrogens with two attached hydrogens (primary N) is 1. The highest BCUT2D eigenvalue weighted by atomic mass is 35.5. The van der Waals surface area contributed by atoms with Crippen molar-refractivity contribution in [1.29, 1.82) is 0 Å². The number of fused-ring (bicyclic) bond motifs is 1. The second-order valence-corrected chi connectivity index (χ2v) is 5.84. The van der Waals surface area contributed by atoms with Crippen molar-refractivity contribution in [2.45, 2.75) is 19.3 Å². The number of aryl methyl sites for hydroxylation is 1. The van der Waals surface area contributed by atoms with Crippen LogP contribution in [0, 0.1) is 6.92 Å². The molecule has 108 valence electrons. The van der Waals surface area contributed by atoms with E-state index >= 15 is 0 Å². The van der Waals surface area contributed by atoms with Gasteiger partial charge >= 0.3 is 0 Å². The Balaban J connectivity index is 2.03. The Morgan fingerprint density at radius 1 is 1.10 bits per heavy atom. The quantitative estimate of drug-likeness (QED) is 0.736. The van der Waals surface area contributed by atoms with Crippen molar-refractivity contribution >= 4 is 22.5 Å². The minimum Gasteiger partial charge on any atom is -0.358 e. The lowest BCUT2D eigenvalue weighted by molar-refractivity contribution is 0.695. The average Bonchev–Trinajstić information content (AvgIpc) is 2.82. The van der Waals surface area contributed by atoms with Crippen LogP contribution in [0.15, 0.2) is 48.5 Å². The first-order chi connectivity index (χ1) is 10.2. The maximum Gasteiger partial charge on any atom is 0.0458 e. The number of hydrogen-bond donors (Lipinski definition) is 2. The molecule has 1 atom stereocenters. The highest BCUT2D eigenvalue weighted by molar-refractivity contribution is 6.31. The van der Waals surface area contributed by atoms with E-state index in [9.17, 15) is 0 Å². The second-order valence-electron chi connectivity index (χ2n) is 5.44. The van der Waals surface area contributed by atoms with Crippen LogP contribution in [0.3, 0.4) is 0 Å². The SMILES string of the molecule is Cc1[nH]c2ccccc2c1C(CN)Cc1ccccc1Cl. The largest absolute Gasteiger partial charge is 0.358 e. The molecule has 3 N–H and O–H groups in total. The van der Waals surface area contributed by atoms with E-state index in [1.165, 1.54) is 22.2 Å². The summed E-state index contributed by atoms with van der Waals surface area (Å²) in [7, 11) is 0. The zero-order valence-corrected chi connectivity index (χ0v) is 12.8. The molecule has 1 unspecified atom stereocenters. The first-order valence-electron chi connectivity index (χ1n) is 7.21. The summed E-state index contributed by atoms with van der Waals surface area (Å²) in [6.45, 7) is 2.72. The van der Waals surface area contributed by atoms with Crippen molar-refractivity contribution in [1.82, 2.24) is 4.98 Å². The van der Waals surface area contributed by atoms with E-state index in [1.807, 2.05) is 24.3 Å². The molecule has 0 bridgehead atoms. The molecule has 0 spiro atoms. The first-order valence-corrected chi connectivity index (χ1v) is 7.59. The molecule has 0 aliphatic rings. The molecule has 0 amide bonds. The van der Waals surface area contributed by atoms with Gasteiger partial charge in [-0.15, -0.1) is 0 Å². The van der Waals surface area contributed by atoms with Gasteiger partial charge in [-0.05, 0) is 43.1 Å². The third-order valence-electron chi connectivity index (χ3n) is 4.06. The Bertz CT molecular complexity index is 761. The van der Waals surface area contributed by atoms with Gasteiger partial charge in [0.2, 0.25) is 0 Å². The Labute approximate surface area is 129 Å².